The molecular weight excluding hydrogens is 295 g/mol. The molecule has 0 aromatic heterocycles. The van der Waals surface area contributed by atoms with Crippen molar-refractivity contribution in [3.8, 4) is 0 Å². The first-order valence-electron chi connectivity index (χ1n) is 7.15. The van der Waals surface area contributed by atoms with Crippen LogP contribution in [0, 0.1) is 5.92 Å². The Labute approximate surface area is 127 Å². The normalized spacial score (nSPS) is 23.7. The molecule has 0 bridgehead atoms. The van der Waals surface area contributed by atoms with Gasteiger partial charge in [-0.3, -0.25) is 9.69 Å². The first-order chi connectivity index (χ1) is 10.00. The Morgan fingerprint density at radius 3 is 2.36 bits per heavy atom. The molecule has 122 valence electrons. The molecule has 1 aliphatic rings. The third-order valence-corrected chi connectivity index (χ3v) is 4.23. The Morgan fingerprint density at radius 1 is 1.23 bits per heavy atom. The van der Waals surface area contributed by atoms with Gasteiger partial charge in [0, 0.05) is 24.5 Å². The van der Waals surface area contributed by atoms with E-state index in [0.29, 0.717) is 18.7 Å². The molecule has 1 aromatic rings. The lowest BCUT2D eigenvalue weighted by Gasteiger charge is -2.31. The molecule has 1 N–H and O–H groups in total. The molecule has 3 nitrogen and oxygen atoms in total. The van der Waals surface area contributed by atoms with E-state index in [1.165, 1.54) is 6.07 Å². The zero-order chi connectivity index (χ0) is 16.7. The number of carbonyl (C=O) groups is 1. The van der Waals surface area contributed by atoms with Gasteiger partial charge in [-0.1, -0.05) is 18.2 Å². The fraction of sp³-hybridized carbons (Fsp3) is 0.562. The molecule has 0 saturated carbocycles. The van der Waals surface area contributed by atoms with Crippen molar-refractivity contribution in [1.29, 1.82) is 0 Å². The van der Waals surface area contributed by atoms with Gasteiger partial charge in [-0.05, 0) is 32.4 Å². The Hall–Kier alpha value is -1.56. The van der Waals surface area contributed by atoms with Crippen LogP contribution in [0.5, 0.6) is 0 Å². The largest absolute Gasteiger partial charge is 0.481 e. The summed E-state index contributed by atoms with van der Waals surface area (Å²) in [5, 5.41) is 9.41. The minimum absolute atomic E-state index is 0.218. The van der Waals surface area contributed by atoms with Crippen LogP contribution in [0.2, 0.25) is 0 Å². The molecule has 2 atom stereocenters. The van der Waals surface area contributed by atoms with Crippen molar-refractivity contribution in [2.45, 2.75) is 38.4 Å². The maximum Gasteiger partial charge on any atom is 0.416 e. The quantitative estimate of drug-likeness (QED) is 0.906. The van der Waals surface area contributed by atoms with E-state index >= 15 is 0 Å². The van der Waals surface area contributed by atoms with Crippen molar-refractivity contribution in [2.24, 2.45) is 5.92 Å². The number of hydrogen-bond acceptors (Lipinski definition) is 2. The van der Waals surface area contributed by atoms with Gasteiger partial charge in [-0.15, -0.1) is 0 Å². The molecule has 0 radical (unpaired) electrons. The lowest BCUT2D eigenvalue weighted by atomic mass is 9.88. The van der Waals surface area contributed by atoms with Crippen molar-refractivity contribution in [3.63, 3.8) is 0 Å². The van der Waals surface area contributed by atoms with Crippen LogP contribution in [0.25, 0.3) is 0 Å². The molecule has 0 spiro atoms. The van der Waals surface area contributed by atoms with Gasteiger partial charge in [0.05, 0.1) is 11.5 Å². The van der Waals surface area contributed by atoms with E-state index < -0.39 is 29.5 Å². The van der Waals surface area contributed by atoms with Crippen molar-refractivity contribution < 1.29 is 23.1 Å². The highest BCUT2D eigenvalue weighted by Crippen LogP contribution is 2.38. The molecule has 0 amide bonds. The molecule has 6 heteroatoms. The Morgan fingerprint density at radius 2 is 1.86 bits per heavy atom. The predicted molar refractivity (Wildman–Crippen MR) is 76.6 cm³/mol. The third-order valence-electron chi connectivity index (χ3n) is 4.23. The van der Waals surface area contributed by atoms with Gasteiger partial charge in [-0.25, -0.2) is 0 Å². The Kier molecular flexibility index (Phi) is 4.26. The van der Waals surface area contributed by atoms with Crippen LogP contribution in [-0.2, 0) is 11.0 Å². The summed E-state index contributed by atoms with van der Waals surface area (Å²) >= 11 is 0. The van der Waals surface area contributed by atoms with Gasteiger partial charge in [0.25, 0.3) is 0 Å². The summed E-state index contributed by atoms with van der Waals surface area (Å²) in [6, 6.07) is 5.02. The van der Waals surface area contributed by atoms with E-state index in [4.69, 9.17) is 0 Å². The zero-order valence-electron chi connectivity index (χ0n) is 12.8. The van der Waals surface area contributed by atoms with Crippen molar-refractivity contribution in [1.82, 2.24) is 4.90 Å². The Bertz CT molecular complexity index is 563. The van der Waals surface area contributed by atoms with Gasteiger partial charge in [0.2, 0.25) is 0 Å². The average Bonchev–Trinajstić information content (AvgIpc) is 2.83. The highest BCUT2D eigenvalue weighted by Gasteiger charge is 2.42. The first kappa shape index (κ1) is 16.8. The number of hydrogen-bond donors (Lipinski definition) is 1. The molecule has 1 saturated heterocycles. The van der Waals surface area contributed by atoms with E-state index in [2.05, 4.69) is 0 Å². The number of carboxylic acid groups (broad SMARTS) is 1. The summed E-state index contributed by atoms with van der Waals surface area (Å²) in [6.07, 6.45) is -4.42. The maximum absolute atomic E-state index is 12.8. The molecule has 1 aromatic carbocycles. The molecule has 1 heterocycles. The molecule has 0 unspecified atom stereocenters. The number of aliphatic carboxylic acids is 1. The first-order valence-corrected chi connectivity index (χ1v) is 7.15. The lowest BCUT2D eigenvalue weighted by Crippen LogP contribution is -2.40. The van der Waals surface area contributed by atoms with E-state index in [0.717, 1.165) is 12.1 Å². The number of alkyl halides is 3. The van der Waals surface area contributed by atoms with Crippen LogP contribution in [0.15, 0.2) is 24.3 Å². The molecule has 22 heavy (non-hydrogen) atoms. The van der Waals surface area contributed by atoms with Gasteiger partial charge < -0.3 is 5.11 Å². The van der Waals surface area contributed by atoms with Crippen molar-refractivity contribution in [2.75, 3.05) is 13.1 Å². The number of nitrogens with zero attached hydrogens (tertiary/aromatic N) is 1. The van der Waals surface area contributed by atoms with Crippen LogP contribution in [-0.4, -0.2) is 34.6 Å². The zero-order valence-corrected chi connectivity index (χ0v) is 12.8. The molecule has 2 rings (SSSR count). The SMILES string of the molecule is CC(C)(C)N1C[C@@H](C(=O)O)[C@H](c2cccc(C(F)(F)F)c2)C1. The second-order valence-corrected chi connectivity index (χ2v) is 6.75. The minimum atomic E-state index is -4.42. The van der Waals surface area contributed by atoms with Crippen LogP contribution < -0.4 is 0 Å². The van der Waals surface area contributed by atoms with Crippen LogP contribution in [0.3, 0.4) is 0 Å². The van der Waals surface area contributed by atoms with Crippen LogP contribution >= 0.6 is 0 Å². The van der Waals surface area contributed by atoms with Crippen molar-refractivity contribution in [3.05, 3.63) is 35.4 Å². The summed E-state index contributed by atoms with van der Waals surface area (Å²) in [7, 11) is 0. The number of carboxylic acids is 1. The van der Waals surface area contributed by atoms with E-state index in [-0.39, 0.29) is 5.54 Å². The smallest absolute Gasteiger partial charge is 0.416 e. The highest BCUT2D eigenvalue weighted by atomic mass is 19.4. The fourth-order valence-electron chi connectivity index (χ4n) is 2.89. The second kappa shape index (κ2) is 5.57. The molecule has 1 aliphatic heterocycles. The summed E-state index contributed by atoms with van der Waals surface area (Å²) in [5.41, 5.74) is -0.512. The minimum Gasteiger partial charge on any atom is -0.481 e. The average molecular weight is 315 g/mol. The summed E-state index contributed by atoms with van der Waals surface area (Å²) in [6.45, 7) is 6.71. The fourth-order valence-corrected chi connectivity index (χ4v) is 2.89. The second-order valence-electron chi connectivity index (χ2n) is 6.75. The van der Waals surface area contributed by atoms with Gasteiger partial charge >= 0.3 is 12.1 Å². The van der Waals surface area contributed by atoms with E-state index in [1.807, 2.05) is 25.7 Å². The van der Waals surface area contributed by atoms with Crippen LogP contribution in [0.1, 0.15) is 37.8 Å². The monoisotopic (exact) mass is 315 g/mol. The molecular formula is C16H20F3NO2. The summed E-state index contributed by atoms with van der Waals surface area (Å²) in [4.78, 5) is 13.5. The highest BCUT2D eigenvalue weighted by molar-refractivity contribution is 5.72. The predicted octanol–water partition coefficient (Wildman–Crippen LogP) is 3.60. The third kappa shape index (κ3) is 3.43. The number of rotatable bonds is 2. The van der Waals surface area contributed by atoms with Crippen LogP contribution in [0.4, 0.5) is 13.2 Å². The maximum atomic E-state index is 12.8. The van der Waals surface area contributed by atoms with Gasteiger partial charge in [0.15, 0.2) is 0 Å². The molecule has 0 aliphatic carbocycles. The topological polar surface area (TPSA) is 40.5 Å². The van der Waals surface area contributed by atoms with E-state index in [1.54, 1.807) is 6.07 Å². The Balaban J connectivity index is 2.35. The van der Waals surface area contributed by atoms with Crippen molar-refractivity contribution >= 4 is 5.97 Å². The number of likely N-dealkylation sites (tertiary alicyclic amines) is 1. The number of benzene rings is 1. The molecule has 1 fully saturated rings. The van der Waals surface area contributed by atoms with Gasteiger partial charge in [-0.2, -0.15) is 13.2 Å². The summed E-state index contributed by atoms with van der Waals surface area (Å²) in [5.74, 6) is -2.09. The van der Waals surface area contributed by atoms with Gasteiger partial charge in [0.1, 0.15) is 0 Å². The standard InChI is InChI=1S/C16H20F3NO2/c1-15(2,3)20-8-12(13(9-20)14(21)22)10-5-4-6-11(7-10)16(17,18)19/h4-7,12-13H,8-9H2,1-3H3,(H,21,22)/t12-,13+/m0/s1. The van der Waals surface area contributed by atoms with E-state index in [9.17, 15) is 23.1 Å². The number of halogens is 3. The summed E-state index contributed by atoms with van der Waals surface area (Å²) < 4.78 is 38.5. The lowest BCUT2D eigenvalue weighted by molar-refractivity contribution is -0.141.